The fourth-order valence-electron chi connectivity index (χ4n) is 3.12. The number of nitrogens with one attached hydrogen (secondary N) is 1. The van der Waals surface area contributed by atoms with Crippen LogP contribution in [0.3, 0.4) is 0 Å². The monoisotopic (exact) mass is 428 g/mol. The molecule has 1 saturated heterocycles. The number of carboxylic acid groups (broad SMARTS) is 1. The smallest absolute Gasteiger partial charge is 0.434 e. The lowest BCUT2D eigenvalue weighted by Gasteiger charge is -2.22. The number of carbonyl (C=O) groups excluding carboxylic acids is 1. The number of likely N-dealkylation sites (tertiary alicyclic amines) is 1. The molecule has 1 aromatic carbocycles. The molecule has 2 amide bonds. The Morgan fingerprint density at radius 3 is 2.53 bits per heavy atom. The molecule has 30 heavy (non-hydrogen) atoms. The molecule has 12 heteroatoms. The van der Waals surface area contributed by atoms with Crippen molar-refractivity contribution in [3.63, 3.8) is 0 Å². The number of halogens is 4. The third kappa shape index (κ3) is 4.64. The zero-order chi connectivity index (χ0) is 22.1. The van der Waals surface area contributed by atoms with Gasteiger partial charge in [0, 0.05) is 18.7 Å². The molecule has 0 spiro atoms. The normalized spacial score (nSPS) is 19.0. The number of alkyl halides is 3. The average Bonchev–Trinajstić information content (AvgIpc) is 3.07. The molecule has 0 aliphatic carbocycles. The van der Waals surface area contributed by atoms with E-state index in [0.29, 0.717) is 6.20 Å². The second-order valence-electron chi connectivity index (χ2n) is 6.63. The zero-order valence-electron chi connectivity index (χ0n) is 15.2. The Hall–Kier alpha value is -3.28. The third-order valence-corrected chi connectivity index (χ3v) is 4.54. The third-order valence-electron chi connectivity index (χ3n) is 4.54. The molecule has 1 aliphatic heterocycles. The quantitative estimate of drug-likeness (QED) is 0.642. The Morgan fingerprint density at radius 2 is 1.93 bits per heavy atom. The highest BCUT2D eigenvalue weighted by molar-refractivity contribution is 5.86. The summed E-state index contributed by atoms with van der Waals surface area (Å²) in [5.41, 5.74) is -0.783. The van der Waals surface area contributed by atoms with Crippen molar-refractivity contribution < 1.29 is 37.4 Å². The molecule has 1 aromatic heterocycles. The second kappa shape index (κ2) is 8.22. The van der Waals surface area contributed by atoms with Gasteiger partial charge in [0.25, 0.3) is 0 Å². The maximum absolute atomic E-state index is 14.0. The molecule has 1 aliphatic rings. The summed E-state index contributed by atoms with van der Waals surface area (Å²) in [6.07, 6.45) is -5.66. The molecule has 0 bridgehead atoms. The highest BCUT2D eigenvalue weighted by Gasteiger charge is 2.41. The van der Waals surface area contributed by atoms with Crippen LogP contribution in [0.1, 0.15) is 17.7 Å². The van der Waals surface area contributed by atoms with Gasteiger partial charge in [0.05, 0.1) is 24.2 Å². The van der Waals surface area contributed by atoms with E-state index in [-0.39, 0.29) is 36.3 Å². The standard InChI is InChI=1S/C18H16F4N4O4/c19-11-4-9(6-25-16(28)15-13(27)1-2-26(15)17(29)30)3-10(5-11)12-7-24-14(8-23-12)18(20,21)22/h3-5,7-8,13,15,27H,1-2,6H2,(H,25,28)(H,29,30)/t13-,15+/m1/s1. The van der Waals surface area contributed by atoms with Crippen LogP contribution < -0.4 is 5.32 Å². The van der Waals surface area contributed by atoms with Crippen LogP contribution >= 0.6 is 0 Å². The summed E-state index contributed by atoms with van der Waals surface area (Å²) < 4.78 is 51.8. The maximum Gasteiger partial charge on any atom is 0.434 e. The fraction of sp³-hybridized carbons (Fsp3) is 0.333. The van der Waals surface area contributed by atoms with Gasteiger partial charge in [0.2, 0.25) is 5.91 Å². The Labute approximate surface area is 167 Å². The van der Waals surface area contributed by atoms with E-state index in [1.165, 1.54) is 6.07 Å². The molecular weight excluding hydrogens is 412 g/mol. The maximum atomic E-state index is 14.0. The van der Waals surface area contributed by atoms with E-state index < -0.39 is 41.8 Å². The lowest BCUT2D eigenvalue weighted by atomic mass is 10.1. The highest BCUT2D eigenvalue weighted by atomic mass is 19.4. The summed E-state index contributed by atoms with van der Waals surface area (Å²) in [6.45, 7) is -0.195. The van der Waals surface area contributed by atoms with Gasteiger partial charge in [-0.05, 0) is 30.2 Å². The largest absolute Gasteiger partial charge is 0.465 e. The minimum absolute atomic E-state index is 0.00153. The minimum Gasteiger partial charge on any atom is -0.465 e. The van der Waals surface area contributed by atoms with Crippen molar-refractivity contribution >= 4 is 12.0 Å². The molecule has 0 radical (unpaired) electrons. The van der Waals surface area contributed by atoms with Crippen molar-refractivity contribution in [3.05, 3.63) is 47.7 Å². The van der Waals surface area contributed by atoms with Crippen LogP contribution in [0.25, 0.3) is 11.3 Å². The molecule has 2 heterocycles. The predicted molar refractivity (Wildman–Crippen MR) is 93.4 cm³/mol. The number of hydrogen-bond donors (Lipinski definition) is 3. The summed E-state index contributed by atoms with van der Waals surface area (Å²) in [7, 11) is 0. The first-order valence-electron chi connectivity index (χ1n) is 8.70. The second-order valence-corrected chi connectivity index (χ2v) is 6.63. The summed E-state index contributed by atoms with van der Waals surface area (Å²) in [4.78, 5) is 31.2. The van der Waals surface area contributed by atoms with Crippen LogP contribution in [-0.4, -0.2) is 55.8 Å². The summed E-state index contributed by atoms with van der Waals surface area (Å²) in [5.74, 6) is -1.46. The van der Waals surface area contributed by atoms with Gasteiger partial charge in [-0.2, -0.15) is 13.2 Å². The molecule has 0 unspecified atom stereocenters. The Morgan fingerprint density at radius 1 is 1.20 bits per heavy atom. The van der Waals surface area contributed by atoms with E-state index in [9.17, 15) is 32.3 Å². The first-order valence-corrected chi connectivity index (χ1v) is 8.70. The molecule has 2 aromatic rings. The number of aliphatic hydroxyl groups excluding tert-OH is 1. The predicted octanol–water partition coefficient (Wildman–Crippen LogP) is 2.03. The van der Waals surface area contributed by atoms with Gasteiger partial charge in [-0.1, -0.05) is 0 Å². The van der Waals surface area contributed by atoms with Crippen LogP contribution in [-0.2, 0) is 17.5 Å². The van der Waals surface area contributed by atoms with E-state index in [4.69, 9.17) is 5.11 Å². The number of hydrogen-bond acceptors (Lipinski definition) is 5. The van der Waals surface area contributed by atoms with E-state index in [0.717, 1.165) is 23.2 Å². The van der Waals surface area contributed by atoms with E-state index >= 15 is 0 Å². The summed E-state index contributed by atoms with van der Waals surface area (Å²) in [6, 6.07) is 2.27. The van der Waals surface area contributed by atoms with Crippen LogP contribution in [0.5, 0.6) is 0 Å². The first-order chi connectivity index (χ1) is 14.1. The van der Waals surface area contributed by atoms with Crippen molar-refractivity contribution in [1.29, 1.82) is 0 Å². The van der Waals surface area contributed by atoms with Gasteiger partial charge < -0.3 is 15.5 Å². The number of nitrogens with zero attached hydrogens (tertiary/aromatic N) is 3. The number of aliphatic hydroxyl groups is 1. The number of benzene rings is 1. The Balaban J connectivity index is 1.74. The SMILES string of the molecule is O=C(NCc1cc(F)cc(-c2cnc(C(F)(F)F)cn2)c1)[C@@H]1[C@H](O)CCN1C(=O)O. The number of amides is 2. The van der Waals surface area contributed by atoms with E-state index in [2.05, 4.69) is 15.3 Å². The highest BCUT2D eigenvalue weighted by Crippen LogP contribution is 2.28. The molecular formula is C18H16F4N4O4. The van der Waals surface area contributed by atoms with Crippen LogP contribution in [0.2, 0.25) is 0 Å². The van der Waals surface area contributed by atoms with Crippen molar-refractivity contribution in [2.24, 2.45) is 0 Å². The average molecular weight is 428 g/mol. The van der Waals surface area contributed by atoms with Gasteiger partial charge in [0.15, 0.2) is 5.69 Å². The molecule has 8 nitrogen and oxygen atoms in total. The van der Waals surface area contributed by atoms with Crippen molar-refractivity contribution in [3.8, 4) is 11.3 Å². The lowest BCUT2D eigenvalue weighted by molar-refractivity contribution is -0.141. The molecule has 2 atom stereocenters. The molecule has 160 valence electrons. The van der Waals surface area contributed by atoms with Gasteiger partial charge in [-0.15, -0.1) is 0 Å². The van der Waals surface area contributed by atoms with E-state index in [1.807, 2.05) is 0 Å². The van der Waals surface area contributed by atoms with Gasteiger partial charge in [-0.3, -0.25) is 14.7 Å². The lowest BCUT2D eigenvalue weighted by Crippen LogP contribution is -2.49. The number of aromatic nitrogens is 2. The molecule has 3 N–H and O–H groups in total. The van der Waals surface area contributed by atoms with Crippen LogP contribution in [0.15, 0.2) is 30.6 Å². The first kappa shape index (κ1) is 21.4. The molecule has 3 rings (SSSR count). The number of rotatable bonds is 4. The Kier molecular flexibility index (Phi) is 5.87. The van der Waals surface area contributed by atoms with E-state index in [1.54, 1.807) is 0 Å². The fourth-order valence-corrected chi connectivity index (χ4v) is 3.12. The van der Waals surface area contributed by atoms with Gasteiger partial charge in [-0.25, -0.2) is 14.2 Å². The van der Waals surface area contributed by atoms with Crippen molar-refractivity contribution in [2.45, 2.75) is 31.3 Å². The molecule has 0 saturated carbocycles. The van der Waals surface area contributed by atoms with Crippen LogP contribution in [0, 0.1) is 5.82 Å². The number of carbonyl (C=O) groups is 2. The summed E-state index contributed by atoms with van der Waals surface area (Å²) in [5, 5.41) is 21.4. The van der Waals surface area contributed by atoms with Crippen molar-refractivity contribution in [1.82, 2.24) is 20.2 Å². The van der Waals surface area contributed by atoms with Gasteiger partial charge >= 0.3 is 12.3 Å². The topological polar surface area (TPSA) is 116 Å². The molecule has 1 fully saturated rings. The van der Waals surface area contributed by atoms with Crippen molar-refractivity contribution in [2.75, 3.05) is 6.54 Å². The minimum atomic E-state index is -4.66. The summed E-state index contributed by atoms with van der Waals surface area (Å²) >= 11 is 0. The van der Waals surface area contributed by atoms with Gasteiger partial charge in [0.1, 0.15) is 11.9 Å². The van der Waals surface area contributed by atoms with Crippen LogP contribution in [0.4, 0.5) is 22.4 Å². The Bertz CT molecular complexity index is 952. The zero-order valence-corrected chi connectivity index (χ0v) is 15.2.